The molecule has 4 rings (SSSR count). The number of aliphatic carboxylic acids is 1. The van der Waals surface area contributed by atoms with Crippen molar-refractivity contribution in [1.29, 1.82) is 0 Å². The zero-order chi connectivity index (χ0) is 24.6. The van der Waals surface area contributed by atoms with Crippen molar-refractivity contribution >= 4 is 29.4 Å². The van der Waals surface area contributed by atoms with Crippen molar-refractivity contribution in [2.24, 2.45) is 23.7 Å². The molecule has 2 saturated heterocycles. The molecule has 0 aromatic heterocycles. The number of aliphatic hydroxyl groups is 1. The van der Waals surface area contributed by atoms with Crippen LogP contribution in [-0.2, 0) is 23.9 Å². The number of carbonyl (C=O) groups excluding carboxylic acids is 2. The molecule has 2 amide bonds. The summed E-state index contributed by atoms with van der Waals surface area (Å²) in [5.74, 6) is -5.46. The minimum Gasteiger partial charge on any atom is -0.508 e. The van der Waals surface area contributed by atoms with E-state index in [2.05, 4.69) is 0 Å². The molecular formula is C24H30ClNO8. The van der Waals surface area contributed by atoms with Crippen LogP contribution in [0.4, 0.5) is 0 Å². The number of carboxylic acids is 1. The summed E-state index contributed by atoms with van der Waals surface area (Å²) in [5, 5.41) is 30.4. The van der Waals surface area contributed by atoms with E-state index in [9.17, 15) is 24.6 Å². The Kier molecular flexibility index (Phi) is 7.19. The van der Waals surface area contributed by atoms with Crippen LogP contribution in [0.25, 0.3) is 0 Å². The fourth-order valence-corrected chi connectivity index (χ4v) is 6.15. The van der Waals surface area contributed by atoms with Crippen LogP contribution in [0.2, 0.25) is 5.02 Å². The number of halogens is 1. The molecule has 0 radical (unpaired) electrons. The topological polar surface area (TPSA) is 134 Å². The molecule has 1 aliphatic carbocycles. The van der Waals surface area contributed by atoms with Crippen LogP contribution >= 0.6 is 11.6 Å². The first-order valence-corrected chi connectivity index (χ1v) is 12.0. The van der Waals surface area contributed by atoms with Gasteiger partial charge in [0.25, 0.3) is 0 Å². The molecule has 1 saturated carbocycles. The number of benzene rings is 1. The summed E-state index contributed by atoms with van der Waals surface area (Å²) in [6.45, 7) is 0.404. The first kappa shape index (κ1) is 24.9. The number of hydrogen-bond acceptors (Lipinski definition) is 7. The third-order valence-corrected chi connectivity index (χ3v) is 7.75. The number of aromatic hydroxyl groups is 1. The van der Waals surface area contributed by atoms with Crippen molar-refractivity contribution in [3.8, 4) is 5.75 Å². The Labute approximate surface area is 202 Å². The number of ether oxygens (including phenoxy) is 2. The van der Waals surface area contributed by atoms with E-state index in [1.807, 2.05) is 0 Å². The van der Waals surface area contributed by atoms with E-state index in [4.69, 9.17) is 26.2 Å². The van der Waals surface area contributed by atoms with Gasteiger partial charge in [0.15, 0.2) is 5.79 Å². The Morgan fingerprint density at radius 2 is 2.00 bits per heavy atom. The molecule has 1 aromatic rings. The predicted molar refractivity (Wildman–Crippen MR) is 120 cm³/mol. The SMILES string of the molecule is COC[C@H]1C[C@@H]2C(=O)N(CCCCCC(=O)O)C(=O)[C@@H]2[C@@H]2C[C@@H](c3ccc(O)cc3Cl)O[C@]12O. The van der Waals surface area contributed by atoms with E-state index in [0.29, 0.717) is 36.3 Å². The smallest absolute Gasteiger partial charge is 0.303 e. The minimum atomic E-state index is -1.66. The van der Waals surface area contributed by atoms with Gasteiger partial charge in [0.1, 0.15) is 5.75 Å². The third kappa shape index (κ3) is 4.42. The summed E-state index contributed by atoms with van der Waals surface area (Å²) in [4.78, 5) is 38.6. The van der Waals surface area contributed by atoms with Crippen LogP contribution < -0.4 is 0 Å². The average molecular weight is 496 g/mol. The van der Waals surface area contributed by atoms with Crippen LogP contribution in [0.5, 0.6) is 5.75 Å². The van der Waals surface area contributed by atoms with E-state index in [1.54, 1.807) is 6.07 Å². The van der Waals surface area contributed by atoms with Crippen molar-refractivity contribution in [2.45, 2.75) is 50.4 Å². The maximum absolute atomic E-state index is 13.4. The summed E-state index contributed by atoms with van der Waals surface area (Å²) >= 11 is 6.33. The highest BCUT2D eigenvalue weighted by atomic mass is 35.5. The highest BCUT2D eigenvalue weighted by molar-refractivity contribution is 6.31. The maximum atomic E-state index is 13.4. The van der Waals surface area contributed by atoms with Crippen molar-refractivity contribution in [2.75, 3.05) is 20.3 Å². The second-order valence-electron chi connectivity index (χ2n) is 9.46. The Balaban J connectivity index is 1.56. The Morgan fingerprint density at radius 3 is 2.68 bits per heavy atom. The second kappa shape index (κ2) is 9.81. The average Bonchev–Trinajstić information content (AvgIpc) is 3.23. The molecule has 0 spiro atoms. The molecule has 10 heteroatoms. The Morgan fingerprint density at radius 1 is 1.24 bits per heavy atom. The third-order valence-electron chi connectivity index (χ3n) is 7.43. The lowest BCUT2D eigenvalue weighted by Gasteiger charge is -2.44. The fourth-order valence-electron chi connectivity index (χ4n) is 5.86. The van der Waals surface area contributed by atoms with Gasteiger partial charge >= 0.3 is 5.97 Å². The summed E-state index contributed by atoms with van der Waals surface area (Å²) in [5.41, 5.74) is 0.599. The van der Waals surface area contributed by atoms with Gasteiger partial charge in [-0.15, -0.1) is 0 Å². The minimum absolute atomic E-state index is 0.00997. The normalized spacial score (nSPS) is 32.7. The van der Waals surface area contributed by atoms with Gasteiger partial charge < -0.3 is 24.8 Å². The summed E-state index contributed by atoms with van der Waals surface area (Å²) < 4.78 is 11.5. The molecule has 34 heavy (non-hydrogen) atoms. The molecule has 186 valence electrons. The molecule has 0 unspecified atom stereocenters. The molecule has 3 aliphatic rings. The van der Waals surface area contributed by atoms with Gasteiger partial charge in [0.05, 0.1) is 29.6 Å². The lowest BCUT2D eigenvalue weighted by molar-refractivity contribution is -0.275. The van der Waals surface area contributed by atoms with E-state index in [0.717, 1.165) is 0 Å². The molecular weight excluding hydrogens is 466 g/mol. The van der Waals surface area contributed by atoms with E-state index < -0.39 is 41.5 Å². The van der Waals surface area contributed by atoms with Crippen LogP contribution in [0.3, 0.4) is 0 Å². The number of carbonyl (C=O) groups is 3. The molecule has 6 atom stereocenters. The van der Waals surface area contributed by atoms with E-state index >= 15 is 0 Å². The van der Waals surface area contributed by atoms with Crippen LogP contribution in [0.15, 0.2) is 18.2 Å². The summed E-state index contributed by atoms with van der Waals surface area (Å²) in [7, 11) is 1.51. The van der Waals surface area contributed by atoms with Gasteiger partial charge in [0, 0.05) is 31.9 Å². The number of methoxy groups -OCH3 is 1. The Hall–Kier alpha value is -2.20. The van der Waals surface area contributed by atoms with Crippen molar-refractivity contribution in [3.05, 3.63) is 28.8 Å². The first-order valence-electron chi connectivity index (χ1n) is 11.6. The largest absolute Gasteiger partial charge is 0.508 e. The Bertz CT molecular complexity index is 970. The number of amides is 2. The first-order chi connectivity index (χ1) is 16.2. The fraction of sp³-hybridized carbons (Fsp3) is 0.625. The number of phenols is 1. The van der Waals surface area contributed by atoms with Gasteiger partial charge in [-0.05, 0) is 43.4 Å². The lowest BCUT2D eigenvalue weighted by Crippen LogP contribution is -2.54. The predicted octanol–water partition coefficient (Wildman–Crippen LogP) is 2.72. The monoisotopic (exact) mass is 495 g/mol. The maximum Gasteiger partial charge on any atom is 0.303 e. The number of nitrogens with zero attached hydrogens (tertiary/aromatic N) is 1. The molecule has 1 aromatic carbocycles. The molecule has 2 heterocycles. The van der Waals surface area contributed by atoms with Crippen LogP contribution in [0.1, 0.15) is 50.2 Å². The number of carboxylic acid groups (broad SMARTS) is 1. The van der Waals surface area contributed by atoms with Crippen molar-refractivity contribution in [3.63, 3.8) is 0 Å². The molecule has 3 N–H and O–H groups in total. The van der Waals surface area contributed by atoms with Gasteiger partial charge in [0.2, 0.25) is 11.8 Å². The second-order valence-corrected chi connectivity index (χ2v) is 9.87. The highest BCUT2D eigenvalue weighted by Crippen LogP contribution is 2.58. The number of unbranched alkanes of at least 4 members (excludes halogenated alkanes) is 2. The number of rotatable bonds is 9. The standard InChI is InChI=1S/C24H30ClNO8/c1-33-12-13-9-16-21(23(31)26(22(16)30)8-4-2-3-5-20(28)29)17-11-19(34-24(13,17)32)15-7-6-14(27)10-18(15)25/h6-7,10,13,16-17,19,21,27,32H,2-5,8-9,11-12H2,1H3,(H,28,29)/t13-,16+,17+,19+,21+,24-/m1/s1. The lowest BCUT2D eigenvalue weighted by atomic mass is 9.64. The highest BCUT2D eigenvalue weighted by Gasteiger charge is 2.66. The van der Waals surface area contributed by atoms with Crippen molar-refractivity contribution < 1.29 is 39.2 Å². The van der Waals surface area contributed by atoms with Gasteiger partial charge in [-0.3, -0.25) is 19.3 Å². The molecule has 3 fully saturated rings. The van der Waals surface area contributed by atoms with E-state index in [-0.39, 0.29) is 43.6 Å². The quantitative estimate of drug-likeness (QED) is 0.351. The molecule has 9 nitrogen and oxygen atoms in total. The van der Waals surface area contributed by atoms with Crippen molar-refractivity contribution in [1.82, 2.24) is 4.90 Å². The van der Waals surface area contributed by atoms with Gasteiger partial charge in [-0.1, -0.05) is 24.1 Å². The number of likely N-dealkylation sites (tertiary alicyclic amines) is 1. The van der Waals surface area contributed by atoms with E-state index in [1.165, 1.54) is 24.1 Å². The van der Waals surface area contributed by atoms with Crippen LogP contribution in [0, 0.1) is 23.7 Å². The number of imide groups is 1. The zero-order valence-electron chi connectivity index (χ0n) is 19.0. The summed E-state index contributed by atoms with van der Waals surface area (Å²) in [6.07, 6.45) is 1.63. The van der Waals surface area contributed by atoms with Gasteiger partial charge in [-0.2, -0.15) is 0 Å². The molecule has 0 bridgehead atoms. The molecule has 2 aliphatic heterocycles. The van der Waals surface area contributed by atoms with Crippen LogP contribution in [-0.4, -0.2) is 64.1 Å². The number of phenolic OH excluding ortho intramolecular Hbond substituents is 1. The van der Waals surface area contributed by atoms with Gasteiger partial charge in [-0.25, -0.2) is 0 Å². The summed E-state index contributed by atoms with van der Waals surface area (Å²) in [6, 6.07) is 4.53. The zero-order valence-corrected chi connectivity index (χ0v) is 19.7. The number of fused-ring (bicyclic) bond motifs is 3. The number of hydrogen-bond donors (Lipinski definition) is 3.